The van der Waals surface area contributed by atoms with Gasteiger partial charge in [-0.3, -0.25) is 0 Å². The molecule has 6 nitrogen and oxygen atoms in total. The van der Waals surface area contributed by atoms with E-state index in [0.29, 0.717) is 16.8 Å². The van der Waals surface area contributed by atoms with E-state index < -0.39 is 10.0 Å². The first-order chi connectivity index (χ1) is 7.94. The molecule has 0 fully saturated rings. The summed E-state index contributed by atoms with van der Waals surface area (Å²) in [6.07, 6.45) is 1.50. The highest BCUT2D eigenvalue weighted by Crippen LogP contribution is 2.19. The number of sulfonamides is 1. The highest BCUT2D eigenvalue weighted by molar-refractivity contribution is 9.10. The van der Waals surface area contributed by atoms with Crippen LogP contribution >= 0.6 is 27.5 Å². The van der Waals surface area contributed by atoms with E-state index in [1.54, 1.807) is 6.92 Å². The Kier molecular flexibility index (Phi) is 5.57. The molecule has 0 atom stereocenters. The summed E-state index contributed by atoms with van der Waals surface area (Å²) in [4.78, 5) is 7.68. The zero-order valence-corrected chi connectivity index (χ0v) is 12.2. The van der Waals surface area contributed by atoms with Gasteiger partial charge in [-0.05, 0) is 27.5 Å². The molecule has 0 bridgehead atoms. The zero-order chi connectivity index (χ0) is 12.9. The molecule has 17 heavy (non-hydrogen) atoms. The maximum absolute atomic E-state index is 11.4. The summed E-state index contributed by atoms with van der Waals surface area (Å²) in [5, 5.41) is 2.97. The summed E-state index contributed by atoms with van der Waals surface area (Å²) in [6.45, 7) is 2.35. The number of hydrogen-bond donors (Lipinski definition) is 2. The van der Waals surface area contributed by atoms with Crippen LogP contribution in [0.2, 0.25) is 5.28 Å². The second-order valence-corrected chi connectivity index (χ2v) is 6.20. The first-order valence-electron chi connectivity index (χ1n) is 4.84. The molecule has 1 heterocycles. The lowest BCUT2D eigenvalue weighted by Gasteiger charge is -2.08. The fourth-order valence-corrected chi connectivity index (χ4v) is 2.48. The molecule has 0 radical (unpaired) electrons. The minimum absolute atomic E-state index is 0.0328. The number of halogens is 2. The SMILES string of the molecule is CCNS(=O)(=O)CCNc1nc(Cl)ncc1Br. The van der Waals surface area contributed by atoms with Crippen molar-refractivity contribution in [3.05, 3.63) is 16.0 Å². The van der Waals surface area contributed by atoms with Crippen molar-refractivity contribution in [3.8, 4) is 0 Å². The summed E-state index contributed by atoms with van der Waals surface area (Å²) in [5.74, 6) is 0.436. The molecule has 96 valence electrons. The molecule has 0 aliphatic heterocycles. The predicted octanol–water partition coefficient (Wildman–Crippen LogP) is 1.24. The largest absolute Gasteiger partial charge is 0.368 e. The van der Waals surface area contributed by atoms with Gasteiger partial charge in [0, 0.05) is 19.3 Å². The maximum atomic E-state index is 11.4. The minimum Gasteiger partial charge on any atom is -0.368 e. The van der Waals surface area contributed by atoms with Gasteiger partial charge < -0.3 is 5.32 Å². The molecule has 0 saturated carbocycles. The van der Waals surface area contributed by atoms with E-state index in [1.807, 2.05) is 0 Å². The third-order valence-corrected chi connectivity index (χ3v) is 3.97. The van der Waals surface area contributed by atoms with E-state index in [0.717, 1.165) is 0 Å². The zero-order valence-electron chi connectivity index (χ0n) is 9.07. The molecule has 1 aromatic rings. The Balaban J connectivity index is 2.54. The van der Waals surface area contributed by atoms with Crippen LogP contribution in [-0.4, -0.2) is 37.2 Å². The summed E-state index contributed by atoms with van der Waals surface area (Å²) in [6, 6.07) is 0. The van der Waals surface area contributed by atoms with Crippen LogP contribution in [0.15, 0.2) is 10.7 Å². The predicted molar refractivity (Wildman–Crippen MR) is 70.7 cm³/mol. The van der Waals surface area contributed by atoms with Gasteiger partial charge in [-0.25, -0.2) is 18.1 Å². The van der Waals surface area contributed by atoms with Crippen LogP contribution in [0.4, 0.5) is 5.82 Å². The fourth-order valence-electron chi connectivity index (χ4n) is 1.07. The molecule has 1 aromatic heterocycles. The molecule has 1 rings (SSSR count). The van der Waals surface area contributed by atoms with Gasteiger partial charge in [0.25, 0.3) is 0 Å². The highest BCUT2D eigenvalue weighted by Gasteiger charge is 2.09. The van der Waals surface area contributed by atoms with Crippen molar-refractivity contribution in [2.24, 2.45) is 0 Å². The van der Waals surface area contributed by atoms with Gasteiger partial charge >= 0.3 is 0 Å². The van der Waals surface area contributed by atoms with Gasteiger partial charge in [-0.15, -0.1) is 0 Å². The fraction of sp³-hybridized carbons (Fsp3) is 0.500. The van der Waals surface area contributed by atoms with E-state index in [9.17, 15) is 8.42 Å². The average Bonchev–Trinajstić information content (AvgIpc) is 2.23. The Labute approximate surface area is 113 Å². The summed E-state index contributed by atoms with van der Waals surface area (Å²) in [5.41, 5.74) is 0. The lowest BCUT2D eigenvalue weighted by atomic mass is 10.5. The standard InChI is InChI=1S/C8H12BrClN4O2S/c1-2-13-17(15,16)4-3-11-7-6(9)5-12-8(10)14-7/h5,13H,2-4H2,1H3,(H,11,12,14). The summed E-state index contributed by atoms with van der Waals surface area (Å²) in [7, 11) is -3.23. The van der Waals surface area contributed by atoms with Crippen LogP contribution in [0.25, 0.3) is 0 Å². The second-order valence-electron chi connectivity index (χ2n) is 3.08. The molecule has 0 spiro atoms. The number of anilines is 1. The smallest absolute Gasteiger partial charge is 0.224 e. The Hall–Kier alpha value is -0.440. The maximum Gasteiger partial charge on any atom is 0.224 e. The topological polar surface area (TPSA) is 84.0 Å². The Morgan fingerprint density at radius 1 is 1.53 bits per heavy atom. The van der Waals surface area contributed by atoms with Crippen molar-refractivity contribution >= 4 is 43.4 Å². The highest BCUT2D eigenvalue weighted by atomic mass is 79.9. The monoisotopic (exact) mass is 342 g/mol. The van der Waals surface area contributed by atoms with Crippen LogP contribution < -0.4 is 10.0 Å². The van der Waals surface area contributed by atoms with Crippen molar-refractivity contribution in [3.63, 3.8) is 0 Å². The number of hydrogen-bond acceptors (Lipinski definition) is 5. The van der Waals surface area contributed by atoms with Crippen molar-refractivity contribution < 1.29 is 8.42 Å². The Morgan fingerprint density at radius 3 is 2.88 bits per heavy atom. The first-order valence-corrected chi connectivity index (χ1v) is 7.66. The molecule has 2 N–H and O–H groups in total. The van der Waals surface area contributed by atoms with Gasteiger partial charge in [0.2, 0.25) is 15.3 Å². The molecule has 0 amide bonds. The normalized spacial score (nSPS) is 11.5. The van der Waals surface area contributed by atoms with Crippen LogP contribution in [0.1, 0.15) is 6.92 Å². The number of aromatic nitrogens is 2. The molecular weight excluding hydrogens is 332 g/mol. The van der Waals surface area contributed by atoms with Crippen LogP contribution in [0, 0.1) is 0 Å². The van der Waals surface area contributed by atoms with E-state index in [1.165, 1.54) is 6.20 Å². The van der Waals surface area contributed by atoms with Gasteiger partial charge in [0.15, 0.2) is 0 Å². The third kappa shape index (κ3) is 5.15. The third-order valence-electron chi connectivity index (χ3n) is 1.74. The summed E-state index contributed by atoms with van der Waals surface area (Å²) >= 11 is 8.85. The van der Waals surface area contributed by atoms with Crippen molar-refractivity contribution in [2.75, 3.05) is 24.2 Å². The summed E-state index contributed by atoms with van der Waals surface area (Å²) < 4.78 is 25.7. The van der Waals surface area contributed by atoms with E-state index in [4.69, 9.17) is 11.6 Å². The van der Waals surface area contributed by atoms with Crippen LogP contribution in [-0.2, 0) is 10.0 Å². The Morgan fingerprint density at radius 2 is 2.24 bits per heavy atom. The average molecular weight is 344 g/mol. The quantitative estimate of drug-likeness (QED) is 0.759. The van der Waals surface area contributed by atoms with E-state index >= 15 is 0 Å². The number of rotatable bonds is 6. The molecule has 9 heteroatoms. The van der Waals surface area contributed by atoms with Gasteiger partial charge in [-0.1, -0.05) is 6.92 Å². The molecule has 0 saturated heterocycles. The second kappa shape index (κ2) is 6.48. The lowest BCUT2D eigenvalue weighted by molar-refractivity contribution is 0.584. The molecular formula is C8H12BrClN4O2S. The number of nitrogens with one attached hydrogen (secondary N) is 2. The van der Waals surface area contributed by atoms with Crippen LogP contribution in [0.3, 0.4) is 0 Å². The van der Waals surface area contributed by atoms with Crippen molar-refractivity contribution in [1.29, 1.82) is 0 Å². The lowest BCUT2D eigenvalue weighted by Crippen LogP contribution is -2.29. The molecule has 0 aliphatic rings. The molecule has 0 aliphatic carbocycles. The van der Waals surface area contributed by atoms with Crippen molar-refractivity contribution in [2.45, 2.75) is 6.92 Å². The van der Waals surface area contributed by atoms with Gasteiger partial charge in [0.05, 0.1) is 10.2 Å². The molecule has 0 aromatic carbocycles. The van der Waals surface area contributed by atoms with E-state index in [2.05, 4.69) is 35.9 Å². The van der Waals surface area contributed by atoms with Gasteiger partial charge in [0.1, 0.15) is 5.82 Å². The number of nitrogens with zero attached hydrogens (tertiary/aromatic N) is 2. The van der Waals surface area contributed by atoms with Gasteiger partial charge in [-0.2, -0.15) is 4.98 Å². The first kappa shape index (κ1) is 14.6. The molecule has 0 unspecified atom stereocenters. The van der Waals surface area contributed by atoms with Crippen LogP contribution in [0.5, 0.6) is 0 Å². The van der Waals surface area contributed by atoms with E-state index in [-0.39, 0.29) is 17.6 Å². The van der Waals surface area contributed by atoms with Crippen molar-refractivity contribution in [1.82, 2.24) is 14.7 Å². The Bertz CT molecular complexity index is 482. The minimum atomic E-state index is -3.23.